The Morgan fingerprint density at radius 3 is 2.17 bits per heavy atom. The molecule has 5 nitrogen and oxygen atoms in total. The Morgan fingerprint density at radius 1 is 0.933 bits per heavy atom. The van der Waals surface area contributed by atoms with Gasteiger partial charge >= 0.3 is 0 Å². The van der Waals surface area contributed by atoms with Crippen molar-refractivity contribution < 1.29 is 9.21 Å². The van der Waals surface area contributed by atoms with E-state index in [1.54, 1.807) is 0 Å². The maximum atomic E-state index is 12.2. The van der Waals surface area contributed by atoms with Gasteiger partial charge in [0.05, 0.1) is 6.54 Å². The number of benzene rings is 2. The predicted octanol–water partition coefficient (Wildman–Crippen LogP) is 5.14. The van der Waals surface area contributed by atoms with Gasteiger partial charge in [0, 0.05) is 19.1 Å². The van der Waals surface area contributed by atoms with Crippen molar-refractivity contribution in [3.05, 3.63) is 89.1 Å². The van der Waals surface area contributed by atoms with Gasteiger partial charge in [0.25, 0.3) is 5.91 Å². The van der Waals surface area contributed by atoms with Gasteiger partial charge in [-0.25, -0.2) is 4.98 Å². The summed E-state index contributed by atoms with van der Waals surface area (Å²) in [5.74, 6) is 0.847. The second kappa shape index (κ2) is 10.2. The average Bonchev–Trinajstić information content (AvgIpc) is 3.17. The third-order valence-electron chi connectivity index (χ3n) is 4.86. The molecular weight excluding hydrogens is 374 g/mol. The van der Waals surface area contributed by atoms with Crippen LogP contribution in [0.4, 0.5) is 0 Å². The van der Waals surface area contributed by atoms with Crippen molar-refractivity contribution in [1.82, 2.24) is 15.2 Å². The second-order valence-corrected chi connectivity index (χ2v) is 8.28. The van der Waals surface area contributed by atoms with Gasteiger partial charge < -0.3 is 9.73 Å². The van der Waals surface area contributed by atoms with Gasteiger partial charge in [-0.05, 0) is 36.5 Å². The number of nitrogens with zero attached hydrogens (tertiary/aromatic N) is 2. The molecule has 0 aliphatic carbocycles. The lowest BCUT2D eigenvalue weighted by molar-refractivity contribution is 0.0938. The van der Waals surface area contributed by atoms with Gasteiger partial charge in [-0.3, -0.25) is 9.69 Å². The Morgan fingerprint density at radius 2 is 1.57 bits per heavy atom. The minimum absolute atomic E-state index is 0.0565. The maximum absolute atomic E-state index is 12.2. The Kier molecular flexibility index (Phi) is 7.41. The van der Waals surface area contributed by atoms with Crippen molar-refractivity contribution in [3.8, 4) is 0 Å². The third-order valence-corrected chi connectivity index (χ3v) is 4.86. The molecule has 3 rings (SSSR count). The lowest BCUT2D eigenvalue weighted by Gasteiger charge is -2.21. The third kappa shape index (κ3) is 6.29. The van der Waals surface area contributed by atoms with Crippen molar-refractivity contribution in [3.63, 3.8) is 0 Å². The molecule has 0 aliphatic rings. The summed E-state index contributed by atoms with van der Waals surface area (Å²) in [7, 11) is 0. The summed E-state index contributed by atoms with van der Waals surface area (Å²) in [6.07, 6.45) is 1.44. The summed E-state index contributed by atoms with van der Waals surface area (Å²) in [5.41, 5.74) is 4.11. The van der Waals surface area contributed by atoms with Gasteiger partial charge in [-0.2, -0.15) is 0 Å². The number of carbonyl (C=O) groups excluding carboxylic acids is 1. The van der Waals surface area contributed by atoms with Crippen LogP contribution in [0.2, 0.25) is 0 Å². The number of rotatable bonds is 9. The first kappa shape index (κ1) is 21.8. The Balaban J connectivity index is 1.74. The van der Waals surface area contributed by atoms with Gasteiger partial charge in [-0.15, -0.1) is 0 Å². The number of nitrogens with one attached hydrogen (secondary N) is 1. The van der Waals surface area contributed by atoms with E-state index in [4.69, 9.17) is 4.42 Å². The molecule has 0 spiro atoms. The van der Waals surface area contributed by atoms with Crippen LogP contribution in [0.25, 0.3) is 0 Å². The highest BCUT2D eigenvalue weighted by Gasteiger charge is 2.16. The van der Waals surface area contributed by atoms with Crippen molar-refractivity contribution >= 4 is 5.91 Å². The van der Waals surface area contributed by atoms with E-state index in [-0.39, 0.29) is 11.9 Å². The Hall–Kier alpha value is -2.92. The van der Waals surface area contributed by atoms with Crippen molar-refractivity contribution in [2.45, 2.75) is 59.3 Å². The predicted molar refractivity (Wildman–Crippen MR) is 119 cm³/mol. The number of amides is 1. The fourth-order valence-electron chi connectivity index (χ4n) is 3.29. The zero-order valence-electron chi connectivity index (χ0n) is 18.3. The van der Waals surface area contributed by atoms with E-state index in [0.29, 0.717) is 24.0 Å². The minimum atomic E-state index is -0.209. The van der Waals surface area contributed by atoms with Crippen LogP contribution in [0.3, 0.4) is 0 Å². The van der Waals surface area contributed by atoms with Gasteiger partial charge in [0.15, 0.2) is 5.69 Å². The molecule has 30 heavy (non-hydrogen) atoms. The van der Waals surface area contributed by atoms with Crippen molar-refractivity contribution in [1.29, 1.82) is 0 Å². The minimum Gasteiger partial charge on any atom is -0.447 e. The average molecular weight is 406 g/mol. The highest BCUT2D eigenvalue weighted by Crippen LogP contribution is 2.18. The fraction of sp³-hybridized carbons (Fsp3) is 0.360. The van der Waals surface area contributed by atoms with E-state index < -0.39 is 0 Å². The van der Waals surface area contributed by atoms with Gasteiger partial charge in [-0.1, -0.05) is 68.4 Å². The van der Waals surface area contributed by atoms with E-state index in [1.807, 2.05) is 32.0 Å². The van der Waals surface area contributed by atoms with E-state index in [1.165, 1.54) is 23.0 Å². The van der Waals surface area contributed by atoms with Crippen molar-refractivity contribution in [2.24, 2.45) is 0 Å². The molecule has 1 N–H and O–H groups in total. The first-order valence-electron chi connectivity index (χ1n) is 10.5. The summed E-state index contributed by atoms with van der Waals surface area (Å²) in [6, 6.07) is 19.2. The maximum Gasteiger partial charge on any atom is 0.273 e. The largest absolute Gasteiger partial charge is 0.447 e. The molecule has 1 heterocycles. The van der Waals surface area contributed by atoms with E-state index >= 15 is 0 Å². The first-order chi connectivity index (χ1) is 14.4. The zero-order chi connectivity index (χ0) is 21.5. The molecule has 2 aromatic carbocycles. The fourth-order valence-corrected chi connectivity index (χ4v) is 3.29. The molecule has 5 heteroatoms. The molecule has 0 saturated carbocycles. The van der Waals surface area contributed by atoms with E-state index in [9.17, 15) is 4.79 Å². The molecule has 0 aliphatic heterocycles. The number of oxazole rings is 1. The monoisotopic (exact) mass is 405 g/mol. The molecule has 1 amide bonds. The van der Waals surface area contributed by atoms with Crippen LogP contribution in [-0.4, -0.2) is 21.8 Å². The number of aromatic nitrogens is 1. The van der Waals surface area contributed by atoms with Crippen LogP contribution in [-0.2, 0) is 19.6 Å². The Bertz CT molecular complexity index is 931. The standard InChI is InChI=1S/C25H31N3O2/c1-18(2)22-12-10-21(11-13-22)15-28(14-20-8-6-5-7-9-20)16-24-27-23(17-30-24)25(29)26-19(3)4/h5-13,17-19H,14-16H2,1-4H3,(H,26,29). The van der Waals surface area contributed by atoms with Crippen LogP contribution in [0.5, 0.6) is 0 Å². The highest BCUT2D eigenvalue weighted by atomic mass is 16.3. The lowest BCUT2D eigenvalue weighted by Crippen LogP contribution is -2.30. The number of hydrogen-bond donors (Lipinski definition) is 1. The molecule has 0 unspecified atom stereocenters. The molecule has 0 bridgehead atoms. The summed E-state index contributed by atoms with van der Waals surface area (Å²) >= 11 is 0. The van der Waals surface area contributed by atoms with Crippen LogP contribution in [0, 0.1) is 0 Å². The number of carbonyl (C=O) groups is 1. The molecule has 0 atom stereocenters. The first-order valence-corrected chi connectivity index (χ1v) is 10.5. The molecular formula is C25H31N3O2. The summed E-state index contributed by atoms with van der Waals surface area (Å²) in [4.78, 5) is 18.9. The SMILES string of the molecule is CC(C)NC(=O)c1coc(CN(Cc2ccccc2)Cc2ccc(C(C)C)cc2)n1. The van der Waals surface area contributed by atoms with Gasteiger partial charge in [0.2, 0.25) is 5.89 Å². The molecule has 158 valence electrons. The summed E-state index contributed by atoms with van der Waals surface area (Å²) < 4.78 is 5.61. The highest BCUT2D eigenvalue weighted by molar-refractivity contribution is 5.92. The van der Waals surface area contributed by atoms with Crippen LogP contribution >= 0.6 is 0 Å². The van der Waals surface area contributed by atoms with Crippen LogP contribution in [0.1, 0.15) is 66.7 Å². The molecule has 0 radical (unpaired) electrons. The second-order valence-electron chi connectivity index (χ2n) is 8.28. The normalized spacial score (nSPS) is 11.4. The smallest absolute Gasteiger partial charge is 0.273 e. The molecule has 3 aromatic rings. The summed E-state index contributed by atoms with van der Waals surface area (Å²) in [6.45, 7) is 10.3. The quantitative estimate of drug-likeness (QED) is 0.536. The van der Waals surface area contributed by atoms with Crippen LogP contribution in [0.15, 0.2) is 65.3 Å². The number of hydrogen-bond acceptors (Lipinski definition) is 4. The van der Waals surface area contributed by atoms with Crippen LogP contribution < -0.4 is 5.32 Å². The molecule has 1 aromatic heterocycles. The zero-order valence-corrected chi connectivity index (χ0v) is 18.3. The van der Waals surface area contributed by atoms with Crippen molar-refractivity contribution in [2.75, 3.05) is 0 Å². The van der Waals surface area contributed by atoms with Gasteiger partial charge in [0.1, 0.15) is 6.26 Å². The molecule has 0 saturated heterocycles. The molecule has 0 fully saturated rings. The van der Waals surface area contributed by atoms with E-state index in [2.05, 4.69) is 65.4 Å². The lowest BCUT2D eigenvalue weighted by atomic mass is 10.0. The Labute approximate surface area is 179 Å². The summed E-state index contributed by atoms with van der Waals surface area (Å²) in [5, 5.41) is 2.84. The topological polar surface area (TPSA) is 58.4 Å². The van der Waals surface area contributed by atoms with E-state index in [0.717, 1.165) is 13.1 Å².